The van der Waals surface area contributed by atoms with Crippen molar-refractivity contribution in [2.24, 2.45) is 11.3 Å². The Morgan fingerprint density at radius 3 is 2.82 bits per heavy atom. The summed E-state index contributed by atoms with van der Waals surface area (Å²) in [4.78, 5) is 22.4. The SMILES string of the molecule is CCC(C)(C)Cc1nccc2c1ccn1c3c(c(=O)nc21)C1(C)CCC3C1C. The van der Waals surface area contributed by atoms with Gasteiger partial charge in [-0.05, 0) is 42.7 Å². The summed E-state index contributed by atoms with van der Waals surface area (Å²) in [6, 6.07) is 4.20. The molecule has 1 saturated carbocycles. The molecule has 3 atom stereocenters. The molecule has 0 amide bonds. The second-order valence-corrected chi connectivity index (χ2v) is 9.95. The van der Waals surface area contributed by atoms with Crippen LogP contribution in [0, 0.1) is 11.3 Å². The molecule has 2 aliphatic rings. The van der Waals surface area contributed by atoms with Gasteiger partial charge in [-0.3, -0.25) is 9.78 Å². The van der Waals surface area contributed by atoms with Crippen molar-refractivity contribution in [3.63, 3.8) is 0 Å². The normalized spacial score (nSPS) is 26.3. The van der Waals surface area contributed by atoms with E-state index in [1.807, 2.05) is 12.3 Å². The topological polar surface area (TPSA) is 47.3 Å². The van der Waals surface area contributed by atoms with Crippen LogP contribution >= 0.6 is 0 Å². The highest BCUT2D eigenvalue weighted by molar-refractivity contribution is 5.95. The first-order chi connectivity index (χ1) is 13.3. The van der Waals surface area contributed by atoms with E-state index >= 15 is 0 Å². The smallest absolute Gasteiger partial charge is 0.277 e. The van der Waals surface area contributed by atoms with Gasteiger partial charge in [0.05, 0.1) is 0 Å². The summed E-state index contributed by atoms with van der Waals surface area (Å²) in [6.45, 7) is 11.3. The number of hydrogen-bond donors (Lipinski definition) is 0. The van der Waals surface area contributed by atoms with Gasteiger partial charge in [0.2, 0.25) is 0 Å². The lowest BCUT2D eigenvalue weighted by atomic mass is 9.79. The molecule has 0 saturated heterocycles. The molecular formula is C24H29N3O. The number of pyridine rings is 2. The lowest BCUT2D eigenvalue weighted by Gasteiger charge is -2.26. The highest BCUT2D eigenvalue weighted by Gasteiger charge is 2.54. The molecule has 28 heavy (non-hydrogen) atoms. The van der Waals surface area contributed by atoms with Gasteiger partial charge in [0.25, 0.3) is 5.56 Å². The third kappa shape index (κ3) is 2.20. The van der Waals surface area contributed by atoms with Gasteiger partial charge in [-0.15, -0.1) is 0 Å². The quantitative estimate of drug-likeness (QED) is 0.605. The van der Waals surface area contributed by atoms with Crippen molar-refractivity contribution in [3.8, 4) is 0 Å². The van der Waals surface area contributed by atoms with E-state index < -0.39 is 0 Å². The van der Waals surface area contributed by atoms with E-state index in [-0.39, 0.29) is 16.4 Å². The third-order valence-corrected chi connectivity index (χ3v) is 7.98. The van der Waals surface area contributed by atoms with Crippen molar-refractivity contribution >= 4 is 16.4 Å². The molecule has 0 spiro atoms. The molecule has 5 rings (SSSR count). The van der Waals surface area contributed by atoms with Crippen LogP contribution in [-0.4, -0.2) is 14.4 Å². The minimum Gasteiger partial charge on any atom is -0.304 e. The molecule has 4 heteroatoms. The molecule has 146 valence electrons. The summed E-state index contributed by atoms with van der Waals surface area (Å²) < 4.78 is 2.21. The highest BCUT2D eigenvalue weighted by atomic mass is 16.1. The van der Waals surface area contributed by atoms with Gasteiger partial charge in [-0.25, -0.2) is 0 Å². The second-order valence-electron chi connectivity index (χ2n) is 9.95. The average molecular weight is 376 g/mol. The van der Waals surface area contributed by atoms with E-state index in [0.717, 1.165) is 46.9 Å². The average Bonchev–Trinajstić information content (AvgIpc) is 3.07. The molecule has 3 aromatic heterocycles. The van der Waals surface area contributed by atoms with Crippen LogP contribution in [0.2, 0.25) is 0 Å². The van der Waals surface area contributed by atoms with Crippen molar-refractivity contribution in [1.82, 2.24) is 14.4 Å². The Hall–Kier alpha value is -2.23. The van der Waals surface area contributed by atoms with Gasteiger partial charge in [0.1, 0.15) is 5.65 Å². The Morgan fingerprint density at radius 1 is 1.29 bits per heavy atom. The summed E-state index contributed by atoms with van der Waals surface area (Å²) in [5.41, 5.74) is 4.23. The first-order valence-corrected chi connectivity index (χ1v) is 10.6. The number of aromatic nitrogens is 3. The van der Waals surface area contributed by atoms with E-state index in [4.69, 9.17) is 0 Å². The van der Waals surface area contributed by atoms with Crippen molar-refractivity contribution in [1.29, 1.82) is 0 Å². The maximum atomic E-state index is 13.1. The van der Waals surface area contributed by atoms with Crippen molar-refractivity contribution < 1.29 is 0 Å². The number of hydrogen-bond acceptors (Lipinski definition) is 3. The molecule has 0 N–H and O–H groups in total. The van der Waals surface area contributed by atoms with Gasteiger partial charge >= 0.3 is 0 Å². The zero-order chi connectivity index (χ0) is 19.8. The monoisotopic (exact) mass is 375 g/mol. The predicted molar refractivity (Wildman–Crippen MR) is 113 cm³/mol. The van der Waals surface area contributed by atoms with Crippen LogP contribution in [-0.2, 0) is 11.8 Å². The summed E-state index contributed by atoms with van der Waals surface area (Å²) in [6.07, 6.45) is 8.29. The van der Waals surface area contributed by atoms with Crippen molar-refractivity contribution in [2.75, 3.05) is 0 Å². The van der Waals surface area contributed by atoms with E-state index in [1.54, 1.807) is 0 Å². The maximum absolute atomic E-state index is 13.1. The molecule has 0 radical (unpaired) electrons. The van der Waals surface area contributed by atoms with Crippen molar-refractivity contribution in [3.05, 3.63) is 51.8 Å². The van der Waals surface area contributed by atoms with Crippen LogP contribution in [0.15, 0.2) is 29.3 Å². The van der Waals surface area contributed by atoms with Crippen LogP contribution in [0.1, 0.15) is 76.8 Å². The zero-order valence-corrected chi connectivity index (χ0v) is 17.5. The van der Waals surface area contributed by atoms with Gasteiger partial charge in [-0.2, -0.15) is 4.98 Å². The minimum absolute atomic E-state index is 0.0191. The third-order valence-electron chi connectivity index (χ3n) is 7.98. The number of nitrogens with zero attached hydrogens (tertiary/aromatic N) is 3. The fraction of sp³-hybridized carbons (Fsp3) is 0.542. The van der Waals surface area contributed by atoms with Gasteiger partial charge < -0.3 is 4.40 Å². The van der Waals surface area contributed by atoms with Crippen LogP contribution in [0.25, 0.3) is 16.4 Å². The highest BCUT2D eigenvalue weighted by Crippen LogP contribution is 2.59. The molecule has 2 aliphatic carbocycles. The Morgan fingerprint density at radius 2 is 2.07 bits per heavy atom. The van der Waals surface area contributed by atoms with Gasteiger partial charge in [-0.1, -0.05) is 41.0 Å². The molecule has 3 aromatic rings. The van der Waals surface area contributed by atoms with Crippen LogP contribution in [0.4, 0.5) is 0 Å². The summed E-state index contributed by atoms with van der Waals surface area (Å²) >= 11 is 0. The Balaban J connectivity index is 1.80. The summed E-state index contributed by atoms with van der Waals surface area (Å²) in [5.74, 6) is 0.963. The van der Waals surface area contributed by atoms with E-state index in [2.05, 4.69) is 61.3 Å². The zero-order valence-electron chi connectivity index (χ0n) is 17.5. The molecule has 3 heterocycles. The standard InChI is InChI=1S/C24H29N3O/c1-6-23(3,4)13-18-16-9-12-27-20-15-7-10-24(5,14(15)2)19(20)22(28)26-21(27)17(16)8-11-25-18/h8-9,11-12,14-15H,6-7,10,13H2,1-5H3. The van der Waals surface area contributed by atoms with E-state index in [9.17, 15) is 4.79 Å². The first-order valence-electron chi connectivity index (χ1n) is 10.6. The van der Waals surface area contributed by atoms with Crippen LogP contribution in [0.3, 0.4) is 0 Å². The van der Waals surface area contributed by atoms with Crippen molar-refractivity contribution in [2.45, 2.75) is 71.6 Å². The van der Waals surface area contributed by atoms with Gasteiger partial charge in [0, 0.05) is 51.5 Å². The molecule has 4 nitrogen and oxygen atoms in total. The molecule has 0 aliphatic heterocycles. The van der Waals surface area contributed by atoms with Gasteiger partial charge in [0.15, 0.2) is 0 Å². The summed E-state index contributed by atoms with van der Waals surface area (Å²) in [5, 5.41) is 2.16. The minimum atomic E-state index is -0.0219. The first kappa shape index (κ1) is 17.8. The van der Waals surface area contributed by atoms with E-state index in [1.165, 1.54) is 12.1 Å². The second kappa shape index (κ2) is 5.65. The molecule has 1 fully saturated rings. The Bertz CT molecular complexity index is 1180. The predicted octanol–water partition coefficient (Wildman–Crippen LogP) is 5.01. The fourth-order valence-electron chi connectivity index (χ4n) is 5.66. The van der Waals surface area contributed by atoms with Crippen LogP contribution in [0.5, 0.6) is 0 Å². The molecule has 3 unspecified atom stereocenters. The molecular weight excluding hydrogens is 346 g/mol. The lowest BCUT2D eigenvalue weighted by Crippen LogP contribution is -2.31. The van der Waals surface area contributed by atoms with Crippen LogP contribution < -0.4 is 5.56 Å². The molecule has 2 bridgehead atoms. The number of rotatable bonds is 3. The fourth-order valence-corrected chi connectivity index (χ4v) is 5.66. The largest absolute Gasteiger partial charge is 0.304 e. The van der Waals surface area contributed by atoms with E-state index in [0.29, 0.717) is 11.8 Å². The number of fused-ring (bicyclic) bond motifs is 9. The summed E-state index contributed by atoms with van der Waals surface area (Å²) in [7, 11) is 0. The lowest BCUT2D eigenvalue weighted by molar-refractivity contribution is 0.347. The molecule has 0 aromatic carbocycles. The Labute approximate surface area is 166 Å². The maximum Gasteiger partial charge on any atom is 0.277 e. The Kier molecular flexibility index (Phi) is 3.60.